The van der Waals surface area contributed by atoms with Gasteiger partial charge in [-0.25, -0.2) is 4.68 Å². The molecule has 0 amide bonds. The zero-order chi connectivity index (χ0) is 13.3. The maximum absolute atomic E-state index is 12.4. The number of hydrogen-bond acceptors (Lipinski definition) is 2. The van der Waals surface area contributed by atoms with Crippen LogP contribution in [0.15, 0.2) is 30.5 Å². The lowest BCUT2D eigenvalue weighted by Crippen LogP contribution is -2.05. The summed E-state index contributed by atoms with van der Waals surface area (Å²) in [5, 5.41) is 4.20. The fourth-order valence-electron chi connectivity index (χ4n) is 1.63. The number of halogens is 4. The summed E-state index contributed by atoms with van der Waals surface area (Å²) >= 11 is 0. The number of rotatable bonds is 2. The topological polar surface area (TPSA) is 43.8 Å². The second-order valence-corrected chi connectivity index (χ2v) is 3.93. The molecule has 0 atom stereocenters. The molecule has 1 aromatic carbocycles. The van der Waals surface area contributed by atoms with Gasteiger partial charge in [0.15, 0.2) is 0 Å². The van der Waals surface area contributed by atoms with Gasteiger partial charge in [0, 0.05) is 18.3 Å². The molecular weight excluding hydrogens is 279 g/mol. The fraction of sp³-hybridized carbons (Fsp3) is 0.250. The van der Waals surface area contributed by atoms with E-state index in [4.69, 9.17) is 5.73 Å². The first-order valence-electron chi connectivity index (χ1n) is 5.34. The highest BCUT2D eigenvalue weighted by Gasteiger charge is 2.30. The van der Waals surface area contributed by atoms with Crippen LogP contribution >= 0.6 is 12.4 Å². The Bertz CT molecular complexity index is 546. The van der Waals surface area contributed by atoms with Gasteiger partial charge in [-0.2, -0.15) is 18.3 Å². The van der Waals surface area contributed by atoms with Crippen molar-refractivity contribution < 1.29 is 13.2 Å². The van der Waals surface area contributed by atoms with Crippen molar-refractivity contribution in [1.29, 1.82) is 0 Å². The minimum atomic E-state index is -4.32. The Kier molecular flexibility index (Phi) is 4.60. The van der Waals surface area contributed by atoms with E-state index in [-0.39, 0.29) is 12.4 Å². The van der Waals surface area contributed by atoms with Crippen LogP contribution in [0.1, 0.15) is 16.8 Å². The van der Waals surface area contributed by atoms with Gasteiger partial charge in [0.25, 0.3) is 0 Å². The van der Waals surface area contributed by atoms with Crippen LogP contribution in [0.4, 0.5) is 13.2 Å². The van der Waals surface area contributed by atoms with E-state index in [2.05, 4.69) is 5.10 Å². The van der Waals surface area contributed by atoms with E-state index in [0.717, 1.165) is 23.4 Å². The van der Waals surface area contributed by atoms with Crippen molar-refractivity contribution in [1.82, 2.24) is 9.78 Å². The summed E-state index contributed by atoms with van der Waals surface area (Å²) in [6, 6.07) is 4.84. The number of alkyl halides is 3. The lowest BCUT2D eigenvalue weighted by Gasteiger charge is -2.07. The van der Waals surface area contributed by atoms with E-state index in [9.17, 15) is 13.2 Å². The van der Waals surface area contributed by atoms with Crippen LogP contribution in [0.2, 0.25) is 0 Å². The number of nitrogens with zero attached hydrogens (tertiary/aromatic N) is 2. The Hall–Kier alpha value is -1.53. The van der Waals surface area contributed by atoms with Crippen LogP contribution in [0.3, 0.4) is 0 Å². The Morgan fingerprint density at radius 1 is 1.21 bits per heavy atom. The number of hydrogen-bond donors (Lipinski definition) is 1. The Balaban J connectivity index is 0.00000180. The molecule has 19 heavy (non-hydrogen) atoms. The van der Waals surface area contributed by atoms with Crippen LogP contribution in [0, 0.1) is 6.92 Å². The summed E-state index contributed by atoms with van der Waals surface area (Å²) in [7, 11) is 0. The lowest BCUT2D eigenvalue weighted by molar-refractivity contribution is -0.137. The first-order valence-corrected chi connectivity index (χ1v) is 5.34. The molecule has 2 aromatic rings. The molecule has 0 bridgehead atoms. The SMILES string of the molecule is Cc1nn(-c2ccc(C(F)(F)F)cc2)cc1CN.Cl. The summed E-state index contributed by atoms with van der Waals surface area (Å²) in [4.78, 5) is 0. The van der Waals surface area contributed by atoms with Crippen molar-refractivity contribution in [3.8, 4) is 5.69 Å². The predicted molar refractivity (Wildman–Crippen MR) is 68.4 cm³/mol. The van der Waals surface area contributed by atoms with Crippen molar-refractivity contribution in [2.24, 2.45) is 5.73 Å². The molecule has 7 heteroatoms. The maximum atomic E-state index is 12.4. The largest absolute Gasteiger partial charge is 0.416 e. The molecule has 0 aliphatic carbocycles. The molecule has 1 heterocycles. The van der Waals surface area contributed by atoms with Gasteiger partial charge in [-0.05, 0) is 31.2 Å². The highest BCUT2D eigenvalue weighted by molar-refractivity contribution is 5.85. The van der Waals surface area contributed by atoms with Crippen LogP contribution < -0.4 is 5.73 Å². The van der Waals surface area contributed by atoms with E-state index in [1.54, 1.807) is 6.20 Å². The number of benzene rings is 1. The molecule has 0 aliphatic heterocycles. The van der Waals surface area contributed by atoms with Gasteiger partial charge in [-0.15, -0.1) is 12.4 Å². The van der Waals surface area contributed by atoms with Crippen LogP contribution in [-0.4, -0.2) is 9.78 Å². The third kappa shape index (κ3) is 3.27. The summed E-state index contributed by atoms with van der Waals surface area (Å²) in [5.74, 6) is 0. The van der Waals surface area contributed by atoms with Gasteiger partial charge in [0.2, 0.25) is 0 Å². The first kappa shape index (κ1) is 15.5. The Morgan fingerprint density at radius 3 is 2.21 bits per heavy atom. The monoisotopic (exact) mass is 291 g/mol. The maximum Gasteiger partial charge on any atom is 0.416 e. The average Bonchev–Trinajstić information content (AvgIpc) is 2.69. The zero-order valence-corrected chi connectivity index (χ0v) is 10.9. The molecule has 2 N–H and O–H groups in total. The quantitative estimate of drug-likeness (QED) is 0.924. The molecule has 2 rings (SSSR count). The van der Waals surface area contributed by atoms with Crippen LogP contribution in [0.25, 0.3) is 5.69 Å². The van der Waals surface area contributed by atoms with Crippen LogP contribution in [-0.2, 0) is 12.7 Å². The summed E-state index contributed by atoms with van der Waals surface area (Å²) in [5.41, 5.74) is 7.07. The lowest BCUT2D eigenvalue weighted by atomic mass is 10.2. The van der Waals surface area contributed by atoms with Crippen molar-refractivity contribution in [2.45, 2.75) is 19.6 Å². The Labute approximate surface area is 114 Å². The second kappa shape index (κ2) is 5.63. The normalized spacial score (nSPS) is 11.2. The highest BCUT2D eigenvalue weighted by atomic mass is 35.5. The molecule has 0 fully saturated rings. The smallest absolute Gasteiger partial charge is 0.326 e. The molecule has 0 saturated carbocycles. The number of aromatic nitrogens is 2. The van der Waals surface area contributed by atoms with E-state index in [1.807, 2.05) is 6.92 Å². The molecule has 0 radical (unpaired) electrons. The Morgan fingerprint density at radius 2 is 1.79 bits per heavy atom. The van der Waals surface area contributed by atoms with E-state index < -0.39 is 11.7 Å². The highest BCUT2D eigenvalue weighted by Crippen LogP contribution is 2.29. The standard InChI is InChI=1S/C12H12F3N3.ClH/c1-8-9(6-16)7-18(17-8)11-4-2-10(3-5-11)12(13,14)15;/h2-5,7H,6,16H2,1H3;1H. The van der Waals surface area contributed by atoms with E-state index in [1.165, 1.54) is 16.8 Å². The van der Waals surface area contributed by atoms with Crippen molar-refractivity contribution in [3.63, 3.8) is 0 Å². The molecule has 104 valence electrons. The van der Waals surface area contributed by atoms with E-state index >= 15 is 0 Å². The second-order valence-electron chi connectivity index (χ2n) is 3.93. The molecule has 0 aliphatic rings. The van der Waals surface area contributed by atoms with Crippen molar-refractivity contribution in [3.05, 3.63) is 47.3 Å². The molecule has 0 unspecified atom stereocenters. The predicted octanol–water partition coefficient (Wildman–Crippen LogP) is 3.08. The number of aryl methyl sites for hydroxylation is 1. The molecule has 0 spiro atoms. The molecule has 1 aromatic heterocycles. The zero-order valence-electron chi connectivity index (χ0n) is 10.1. The summed E-state index contributed by atoms with van der Waals surface area (Å²) in [6.07, 6.45) is -2.60. The van der Waals surface area contributed by atoms with Gasteiger partial charge in [0.05, 0.1) is 16.9 Å². The van der Waals surface area contributed by atoms with Crippen molar-refractivity contribution >= 4 is 12.4 Å². The third-order valence-corrected chi connectivity index (χ3v) is 2.68. The van der Waals surface area contributed by atoms with Crippen LogP contribution in [0.5, 0.6) is 0 Å². The number of nitrogens with two attached hydrogens (primary N) is 1. The van der Waals surface area contributed by atoms with Gasteiger partial charge < -0.3 is 5.73 Å². The molecule has 3 nitrogen and oxygen atoms in total. The molecule has 0 saturated heterocycles. The average molecular weight is 292 g/mol. The third-order valence-electron chi connectivity index (χ3n) is 2.68. The van der Waals surface area contributed by atoms with Gasteiger partial charge >= 0.3 is 6.18 Å². The summed E-state index contributed by atoms with van der Waals surface area (Å²) in [6.45, 7) is 2.16. The van der Waals surface area contributed by atoms with Gasteiger partial charge in [-0.3, -0.25) is 0 Å². The summed E-state index contributed by atoms with van der Waals surface area (Å²) < 4.78 is 38.7. The first-order chi connectivity index (χ1) is 8.41. The minimum absolute atomic E-state index is 0. The van der Waals surface area contributed by atoms with Gasteiger partial charge in [0.1, 0.15) is 0 Å². The van der Waals surface area contributed by atoms with E-state index in [0.29, 0.717) is 12.2 Å². The van der Waals surface area contributed by atoms with Gasteiger partial charge in [-0.1, -0.05) is 0 Å². The fourth-order valence-corrected chi connectivity index (χ4v) is 1.63. The van der Waals surface area contributed by atoms with Crippen molar-refractivity contribution in [2.75, 3.05) is 0 Å². The molecular formula is C12H13ClF3N3. The minimum Gasteiger partial charge on any atom is -0.326 e.